The number of carbonyl (C=O) groups is 2. The molecule has 1 amide bonds. The smallest absolute Gasteiger partial charge is 0.300 e. The maximum atomic E-state index is 13.4. The highest BCUT2D eigenvalue weighted by Crippen LogP contribution is 2.45. The number of ketones is 1. The molecule has 1 fully saturated rings. The number of nitrogens with one attached hydrogen (secondary N) is 1. The molecule has 1 atom stereocenters. The van der Waals surface area contributed by atoms with Crippen molar-refractivity contribution in [2.24, 2.45) is 0 Å². The van der Waals surface area contributed by atoms with E-state index in [1.165, 1.54) is 4.90 Å². The molecule has 33 heavy (non-hydrogen) atoms. The van der Waals surface area contributed by atoms with Gasteiger partial charge in [-0.3, -0.25) is 14.5 Å². The van der Waals surface area contributed by atoms with Gasteiger partial charge in [0.2, 0.25) is 0 Å². The van der Waals surface area contributed by atoms with E-state index in [4.69, 9.17) is 0 Å². The zero-order valence-corrected chi connectivity index (χ0v) is 18.7. The molecule has 4 aromatic rings. The van der Waals surface area contributed by atoms with Crippen molar-refractivity contribution in [3.63, 3.8) is 0 Å². The van der Waals surface area contributed by atoms with Crippen LogP contribution >= 0.6 is 0 Å². The number of aromatic amines is 1. The molecule has 0 saturated carbocycles. The minimum atomic E-state index is -0.760. The molecule has 3 aromatic carbocycles. The molecule has 0 aliphatic carbocycles. The number of fused-ring (bicyclic) bond motifs is 1. The van der Waals surface area contributed by atoms with Crippen LogP contribution in [0.3, 0.4) is 0 Å². The van der Waals surface area contributed by atoms with Crippen LogP contribution in [-0.4, -0.2) is 21.8 Å². The average Bonchev–Trinajstić information content (AvgIpc) is 3.34. The lowest BCUT2D eigenvalue weighted by Gasteiger charge is -2.26. The van der Waals surface area contributed by atoms with Gasteiger partial charge >= 0.3 is 0 Å². The number of para-hydroxylation sites is 2. The fourth-order valence-electron chi connectivity index (χ4n) is 4.57. The van der Waals surface area contributed by atoms with Crippen LogP contribution in [0.5, 0.6) is 0 Å². The first-order valence-electron chi connectivity index (χ1n) is 10.9. The fourth-order valence-corrected chi connectivity index (χ4v) is 4.57. The number of benzene rings is 3. The van der Waals surface area contributed by atoms with Gasteiger partial charge in [0.05, 0.1) is 11.6 Å². The van der Waals surface area contributed by atoms with Gasteiger partial charge in [-0.2, -0.15) is 0 Å². The summed E-state index contributed by atoms with van der Waals surface area (Å²) in [5.41, 5.74) is 5.87. The number of aromatic nitrogens is 1. The Kier molecular flexibility index (Phi) is 4.90. The van der Waals surface area contributed by atoms with Gasteiger partial charge in [0.25, 0.3) is 11.7 Å². The Hall–Kier alpha value is -4.12. The summed E-state index contributed by atoms with van der Waals surface area (Å²) >= 11 is 0. The van der Waals surface area contributed by atoms with E-state index in [9.17, 15) is 14.7 Å². The Bertz CT molecular complexity index is 1460. The Morgan fingerprint density at radius 1 is 0.879 bits per heavy atom. The minimum absolute atomic E-state index is 0.0938. The molecule has 5 heteroatoms. The van der Waals surface area contributed by atoms with Gasteiger partial charge in [0, 0.05) is 33.9 Å². The summed E-state index contributed by atoms with van der Waals surface area (Å²) in [5, 5.41) is 12.3. The number of hydrogen-bond acceptors (Lipinski definition) is 3. The van der Waals surface area contributed by atoms with Crippen LogP contribution in [0.1, 0.15) is 33.9 Å². The third kappa shape index (κ3) is 3.24. The third-order valence-electron chi connectivity index (χ3n) is 6.52. The molecule has 2 N–H and O–H groups in total. The fraction of sp³-hybridized carbons (Fsp3) is 0.143. The number of amides is 1. The molecule has 5 nitrogen and oxygen atoms in total. The molecule has 164 valence electrons. The van der Waals surface area contributed by atoms with Crippen molar-refractivity contribution in [1.29, 1.82) is 0 Å². The van der Waals surface area contributed by atoms with E-state index in [2.05, 4.69) is 4.98 Å². The zero-order valence-electron chi connectivity index (χ0n) is 18.7. The van der Waals surface area contributed by atoms with Gasteiger partial charge in [-0.05, 0) is 55.7 Å². The quantitative estimate of drug-likeness (QED) is 0.245. The summed E-state index contributed by atoms with van der Waals surface area (Å²) in [6.45, 7) is 5.85. The molecule has 1 aliphatic heterocycles. The Morgan fingerprint density at radius 2 is 1.61 bits per heavy atom. The monoisotopic (exact) mass is 436 g/mol. The molecule has 1 aromatic heterocycles. The normalized spacial score (nSPS) is 17.8. The minimum Gasteiger partial charge on any atom is -0.507 e. The first-order chi connectivity index (χ1) is 15.9. The van der Waals surface area contributed by atoms with Crippen LogP contribution < -0.4 is 4.90 Å². The standard InChI is InChI=1S/C28H24N2O3/c1-16-12-13-19(14-18(16)3)26(31)24-25(21-15-29-22-10-6-5-9-20(21)22)30(28(33)27(24)32)23-11-7-4-8-17(23)2/h4-15,25,29,31H,1-3H3/b26-24+. The van der Waals surface area contributed by atoms with Crippen molar-refractivity contribution in [2.45, 2.75) is 26.8 Å². The lowest BCUT2D eigenvalue weighted by molar-refractivity contribution is -0.132. The molecule has 5 rings (SSSR count). The van der Waals surface area contributed by atoms with Crippen LogP contribution in [0.2, 0.25) is 0 Å². The predicted octanol–water partition coefficient (Wildman–Crippen LogP) is 5.72. The number of carbonyl (C=O) groups excluding carboxylic acids is 2. The Morgan fingerprint density at radius 3 is 2.36 bits per heavy atom. The van der Waals surface area contributed by atoms with Gasteiger partial charge < -0.3 is 10.1 Å². The van der Waals surface area contributed by atoms with Gasteiger partial charge in [0.15, 0.2) is 0 Å². The summed E-state index contributed by atoms with van der Waals surface area (Å²) in [7, 11) is 0. The third-order valence-corrected chi connectivity index (χ3v) is 6.52. The number of hydrogen-bond donors (Lipinski definition) is 2. The lowest BCUT2D eigenvalue weighted by Crippen LogP contribution is -2.30. The van der Waals surface area contributed by atoms with Gasteiger partial charge in [-0.1, -0.05) is 48.5 Å². The maximum absolute atomic E-state index is 13.4. The predicted molar refractivity (Wildman–Crippen MR) is 130 cm³/mol. The second kappa shape index (κ2) is 7.78. The number of aryl methyl sites for hydroxylation is 3. The molecule has 1 aliphatic rings. The molecular weight excluding hydrogens is 412 g/mol. The van der Waals surface area contributed by atoms with E-state index >= 15 is 0 Å². The highest BCUT2D eigenvalue weighted by molar-refractivity contribution is 6.52. The first kappa shape index (κ1) is 20.8. The van der Waals surface area contributed by atoms with E-state index in [0.29, 0.717) is 11.3 Å². The second-order valence-electron chi connectivity index (χ2n) is 8.54. The summed E-state index contributed by atoms with van der Waals surface area (Å²) in [5.74, 6) is -1.50. The number of Topliss-reactive ketones (excluding diaryl/α,β-unsaturated/α-hetero) is 1. The summed E-state index contributed by atoms with van der Waals surface area (Å²) in [4.78, 5) is 31.5. The van der Waals surface area contributed by atoms with Gasteiger partial charge in [-0.15, -0.1) is 0 Å². The average molecular weight is 437 g/mol. The lowest BCUT2D eigenvalue weighted by atomic mass is 9.93. The van der Waals surface area contributed by atoms with E-state index in [-0.39, 0.29) is 11.3 Å². The van der Waals surface area contributed by atoms with Crippen LogP contribution in [0, 0.1) is 20.8 Å². The second-order valence-corrected chi connectivity index (χ2v) is 8.54. The maximum Gasteiger partial charge on any atom is 0.300 e. The van der Waals surface area contributed by atoms with Crippen molar-refractivity contribution < 1.29 is 14.7 Å². The van der Waals surface area contributed by atoms with Crippen molar-refractivity contribution in [3.8, 4) is 0 Å². The van der Waals surface area contributed by atoms with Crippen molar-refractivity contribution in [3.05, 3.63) is 106 Å². The van der Waals surface area contributed by atoms with Crippen molar-refractivity contribution in [1.82, 2.24) is 4.98 Å². The van der Waals surface area contributed by atoms with Crippen LogP contribution in [-0.2, 0) is 9.59 Å². The zero-order chi connectivity index (χ0) is 23.3. The van der Waals surface area contributed by atoms with E-state index in [0.717, 1.165) is 33.2 Å². The van der Waals surface area contributed by atoms with Crippen LogP contribution in [0.25, 0.3) is 16.7 Å². The molecule has 1 saturated heterocycles. The number of aliphatic hydroxyl groups excluding tert-OH is 1. The molecular formula is C28H24N2O3. The van der Waals surface area contributed by atoms with E-state index < -0.39 is 17.7 Å². The van der Waals surface area contributed by atoms with Gasteiger partial charge in [0.1, 0.15) is 5.76 Å². The molecule has 0 radical (unpaired) electrons. The topological polar surface area (TPSA) is 73.4 Å². The van der Waals surface area contributed by atoms with Crippen LogP contribution in [0.4, 0.5) is 5.69 Å². The SMILES string of the molecule is Cc1ccc(/C(O)=C2\C(=O)C(=O)N(c3ccccc3C)C2c2c[nH]c3ccccc23)cc1C. The molecule has 0 spiro atoms. The summed E-state index contributed by atoms with van der Waals surface area (Å²) in [6, 6.07) is 20.0. The van der Waals surface area contributed by atoms with Crippen molar-refractivity contribution >= 4 is 34.0 Å². The first-order valence-corrected chi connectivity index (χ1v) is 10.9. The number of anilines is 1. The largest absolute Gasteiger partial charge is 0.507 e. The Labute approximate surface area is 192 Å². The van der Waals surface area contributed by atoms with E-state index in [1.807, 2.05) is 87.6 Å². The Balaban J connectivity index is 1.80. The van der Waals surface area contributed by atoms with E-state index in [1.54, 1.807) is 6.07 Å². The number of nitrogens with zero attached hydrogens (tertiary/aromatic N) is 1. The number of aliphatic hydroxyl groups is 1. The number of H-pyrrole nitrogens is 1. The van der Waals surface area contributed by atoms with Gasteiger partial charge in [-0.25, -0.2) is 0 Å². The number of rotatable bonds is 3. The highest BCUT2D eigenvalue weighted by Gasteiger charge is 2.48. The van der Waals surface area contributed by atoms with Crippen LogP contribution in [0.15, 0.2) is 78.5 Å². The summed E-state index contributed by atoms with van der Waals surface area (Å²) in [6.07, 6.45) is 1.82. The van der Waals surface area contributed by atoms with Crippen molar-refractivity contribution in [2.75, 3.05) is 4.90 Å². The molecule has 2 heterocycles. The summed E-state index contributed by atoms with van der Waals surface area (Å²) < 4.78 is 0. The molecule has 1 unspecified atom stereocenters. The molecule has 0 bridgehead atoms. The highest BCUT2D eigenvalue weighted by atomic mass is 16.3.